The third kappa shape index (κ3) is 2.58. The zero-order valence-corrected chi connectivity index (χ0v) is 10.9. The van der Waals surface area contributed by atoms with E-state index < -0.39 is 0 Å². The van der Waals surface area contributed by atoms with Crippen LogP contribution in [0, 0.1) is 0 Å². The number of fused-ring (bicyclic) bond motifs is 1. The fraction of sp³-hybridized carbons (Fsp3) is 0.667. The third-order valence-electron chi connectivity index (χ3n) is 3.63. The van der Waals surface area contributed by atoms with Gasteiger partial charge in [0, 0.05) is 19.1 Å². The monoisotopic (exact) mass is 268 g/mol. The smallest absolute Gasteiger partial charge is 0.148 e. The zero-order chi connectivity index (χ0) is 12.4. The molecule has 18 heavy (non-hydrogen) atoms. The molecule has 5 nitrogen and oxygen atoms in total. The van der Waals surface area contributed by atoms with Gasteiger partial charge in [0.2, 0.25) is 0 Å². The van der Waals surface area contributed by atoms with Crippen LogP contribution in [0.15, 0.2) is 12.5 Å². The van der Waals surface area contributed by atoms with Crippen LogP contribution in [0.2, 0.25) is 5.02 Å². The Morgan fingerprint density at radius 3 is 3.39 bits per heavy atom. The van der Waals surface area contributed by atoms with Crippen molar-refractivity contribution in [2.24, 2.45) is 0 Å². The highest BCUT2D eigenvalue weighted by Crippen LogP contribution is 2.23. The summed E-state index contributed by atoms with van der Waals surface area (Å²) in [6.07, 6.45) is 5.87. The van der Waals surface area contributed by atoms with E-state index >= 15 is 0 Å². The minimum atomic E-state index is 0.213. The maximum atomic E-state index is 5.99. The van der Waals surface area contributed by atoms with Gasteiger partial charge in [-0.1, -0.05) is 11.6 Å². The summed E-state index contributed by atoms with van der Waals surface area (Å²) < 4.78 is 5.86. The first-order chi connectivity index (χ1) is 8.83. The van der Waals surface area contributed by atoms with E-state index in [1.807, 2.05) is 0 Å². The number of rotatable bonds is 3. The van der Waals surface area contributed by atoms with Gasteiger partial charge in [0.15, 0.2) is 0 Å². The zero-order valence-electron chi connectivity index (χ0n) is 10.2. The number of nitrogens with zero attached hydrogens (tertiary/aromatic N) is 3. The van der Waals surface area contributed by atoms with Gasteiger partial charge in [0.1, 0.15) is 17.2 Å². The number of aromatic nitrogens is 2. The first-order valence-corrected chi connectivity index (χ1v) is 6.76. The lowest BCUT2D eigenvalue weighted by molar-refractivity contribution is -0.0416. The van der Waals surface area contributed by atoms with Crippen molar-refractivity contribution in [3.8, 4) is 0 Å². The Morgan fingerprint density at radius 1 is 1.56 bits per heavy atom. The topological polar surface area (TPSA) is 50.3 Å². The Morgan fingerprint density at radius 2 is 2.50 bits per heavy atom. The van der Waals surface area contributed by atoms with Crippen LogP contribution in [0.25, 0.3) is 0 Å². The maximum absolute atomic E-state index is 5.99. The van der Waals surface area contributed by atoms with E-state index in [0.717, 1.165) is 19.7 Å². The Balaban J connectivity index is 1.53. The van der Waals surface area contributed by atoms with Gasteiger partial charge in [-0.15, -0.1) is 0 Å². The molecule has 98 valence electrons. The molecule has 0 spiro atoms. The van der Waals surface area contributed by atoms with Crippen molar-refractivity contribution in [1.29, 1.82) is 0 Å². The molecule has 1 aromatic heterocycles. The lowest BCUT2D eigenvalue weighted by Gasteiger charge is -2.35. The predicted octanol–water partition coefficient (Wildman–Crippen LogP) is 1.41. The molecule has 0 bridgehead atoms. The van der Waals surface area contributed by atoms with Crippen molar-refractivity contribution in [2.45, 2.75) is 25.0 Å². The third-order valence-corrected chi connectivity index (χ3v) is 3.90. The highest BCUT2D eigenvalue weighted by atomic mass is 35.5. The first-order valence-electron chi connectivity index (χ1n) is 6.38. The standard InChI is InChI=1S/C12H17ClN4O/c13-11-5-14-8-16-12(11)15-4-10-6-17-3-1-2-9(17)7-18-10/h5,8-10H,1-4,6-7H2,(H,14,15,16). The molecule has 3 heterocycles. The second-order valence-corrected chi connectivity index (χ2v) is 5.25. The Kier molecular flexibility index (Phi) is 3.63. The van der Waals surface area contributed by atoms with Crippen LogP contribution < -0.4 is 5.32 Å². The number of halogens is 1. The molecule has 2 aliphatic rings. The number of anilines is 1. The average Bonchev–Trinajstić information content (AvgIpc) is 2.85. The summed E-state index contributed by atoms with van der Waals surface area (Å²) in [5.74, 6) is 0.679. The van der Waals surface area contributed by atoms with Crippen LogP contribution in [-0.2, 0) is 4.74 Å². The van der Waals surface area contributed by atoms with Gasteiger partial charge in [-0.25, -0.2) is 9.97 Å². The molecule has 2 aliphatic heterocycles. The number of hydrogen-bond donors (Lipinski definition) is 1. The van der Waals surface area contributed by atoms with Crippen molar-refractivity contribution in [3.63, 3.8) is 0 Å². The molecule has 0 aromatic carbocycles. The molecular weight excluding hydrogens is 252 g/mol. The highest BCUT2D eigenvalue weighted by molar-refractivity contribution is 6.32. The van der Waals surface area contributed by atoms with Crippen molar-refractivity contribution in [1.82, 2.24) is 14.9 Å². The minimum Gasteiger partial charge on any atom is -0.373 e. The van der Waals surface area contributed by atoms with Crippen LogP contribution in [0.1, 0.15) is 12.8 Å². The van der Waals surface area contributed by atoms with E-state index in [1.165, 1.54) is 25.7 Å². The predicted molar refractivity (Wildman–Crippen MR) is 69.9 cm³/mol. The SMILES string of the molecule is Clc1cncnc1NCC1CN2CCCC2CO1. The van der Waals surface area contributed by atoms with E-state index in [4.69, 9.17) is 16.3 Å². The Hall–Kier alpha value is -0.910. The molecule has 0 aliphatic carbocycles. The largest absolute Gasteiger partial charge is 0.373 e. The normalized spacial score (nSPS) is 28.1. The average molecular weight is 269 g/mol. The first kappa shape index (κ1) is 12.1. The molecule has 2 fully saturated rings. The van der Waals surface area contributed by atoms with Crippen molar-refractivity contribution >= 4 is 17.4 Å². The van der Waals surface area contributed by atoms with E-state index in [2.05, 4.69) is 20.2 Å². The van der Waals surface area contributed by atoms with E-state index in [9.17, 15) is 0 Å². The number of nitrogens with one attached hydrogen (secondary N) is 1. The van der Waals surface area contributed by atoms with Crippen LogP contribution in [0.5, 0.6) is 0 Å². The van der Waals surface area contributed by atoms with Crippen molar-refractivity contribution in [2.75, 3.05) is 31.6 Å². The van der Waals surface area contributed by atoms with Gasteiger partial charge in [0.05, 0.1) is 18.9 Å². The highest BCUT2D eigenvalue weighted by Gasteiger charge is 2.31. The lowest BCUT2D eigenvalue weighted by atomic mass is 10.2. The van der Waals surface area contributed by atoms with E-state index in [1.54, 1.807) is 6.20 Å². The second-order valence-electron chi connectivity index (χ2n) is 4.85. The molecule has 1 N–H and O–H groups in total. The van der Waals surface area contributed by atoms with Gasteiger partial charge < -0.3 is 10.1 Å². The van der Waals surface area contributed by atoms with Gasteiger partial charge in [-0.05, 0) is 19.4 Å². The lowest BCUT2D eigenvalue weighted by Crippen LogP contribution is -2.48. The Bertz CT molecular complexity index is 417. The molecule has 1 aromatic rings. The Labute approximate surface area is 112 Å². The number of ether oxygens (including phenoxy) is 1. The molecule has 0 radical (unpaired) electrons. The van der Waals surface area contributed by atoms with Gasteiger partial charge in [-0.3, -0.25) is 4.90 Å². The maximum Gasteiger partial charge on any atom is 0.148 e. The minimum absolute atomic E-state index is 0.213. The summed E-state index contributed by atoms with van der Waals surface area (Å²) in [6, 6.07) is 0.642. The molecule has 3 rings (SSSR count). The second kappa shape index (κ2) is 5.38. The number of morpholine rings is 1. The summed E-state index contributed by atoms with van der Waals surface area (Å²) in [4.78, 5) is 10.5. The van der Waals surface area contributed by atoms with Crippen molar-refractivity contribution < 1.29 is 4.74 Å². The molecule has 2 unspecified atom stereocenters. The fourth-order valence-electron chi connectivity index (χ4n) is 2.66. The summed E-state index contributed by atoms with van der Waals surface area (Å²) in [5.41, 5.74) is 0. The summed E-state index contributed by atoms with van der Waals surface area (Å²) in [7, 11) is 0. The van der Waals surface area contributed by atoms with Gasteiger partial charge in [-0.2, -0.15) is 0 Å². The summed E-state index contributed by atoms with van der Waals surface area (Å²) in [6.45, 7) is 3.79. The summed E-state index contributed by atoms with van der Waals surface area (Å²) in [5, 5.41) is 3.78. The van der Waals surface area contributed by atoms with E-state index in [-0.39, 0.29) is 6.10 Å². The van der Waals surface area contributed by atoms with Gasteiger partial charge >= 0.3 is 0 Å². The van der Waals surface area contributed by atoms with Crippen LogP contribution in [-0.4, -0.2) is 53.3 Å². The molecular formula is C12H17ClN4O. The van der Waals surface area contributed by atoms with Gasteiger partial charge in [0.25, 0.3) is 0 Å². The number of hydrogen-bond acceptors (Lipinski definition) is 5. The fourth-order valence-corrected chi connectivity index (χ4v) is 2.83. The van der Waals surface area contributed by atoms with E-state index in [0.29, 0.717) is 16.9 Å². The quantitative estimate of drug-likeness (QED) is 0.898. The molecule has 0 saturated carbocycles. The van der Waals surface area contributed by atoms with Crippen molar-refractivity contribution in [3.05, 3.63) is 17.5 Å². The molecule has 0 amide bonds. The molecule has 2 saturated heterocycles. The van der Waals surface area contributed by atoms with Crippen LogP contribution in [0.3, 0.4) is 0 Å². The summed E-state index contributed by atoms with van der Waals surface area (Å²) >= 11 is 5.99. The van der Waals surface area contributed by atoms with Crippen LogP contribution in [0.4, 0.5) is 5.82 Å². The molecule has 6 heteroatoms. The molecule has 2 atom stereocenters. The van der Waals surface area contributed by atoms with Crippen LogP contribution >= 0.6 is 11.6 Å².